The van der Waals surface area contributed by atoms with Crippen LogP contribution in [0.5, 0.6) is 5.75 Å². The molecule has 0 saturated heterocycles. The number of rotatable bonds is 6. The minimum Gasteiger partial charge on any atom is -0.491 e. The maximum Gasteiger partial charge on any atom is 0.146 e. The second-order valence-electron chi connectivity index (χ2n) is 4.79. The third kappa shape index (κ3) is 4.72. The maximum atomic E-state index is 13.4. The first-order valence-electron chi connectivity index (χ1n) is 6.61. The van der Waals surface area contributed by atoms with Gasteiger partial charge in [0.15, 0.2) is 0 Å². The fourth-order valence-electron chi connectivity index (χ4n) is 1.82. The lowest BCUT2D eigenvalue weighted by Crippen LogP contribution is -2.26. The minimum atomic E-state index is -0.840. The first-order chi connectivity index (χ1) is 10.0. The summed E-state index contributed by atoms with van der Waals surface area (Å²) in [6.45, 7) is 2.07. The van der Waals surface area contributed by atoms with Crippen molar-refractivity contribution in [3.05, 3.63) is 59.7 Å². The van der Waals surface area contributed by atoms with Crippen molar-refractivity contribution in [2.24, 2.45) is 0 Å². The fourth-order valence-corrected chi connectivity index (χ4v) is 1.82. The molecular formula is C16H17F2NO2. The number of halogens is 2. The van der Waals surface area contributed by atoms with Gasteiger partial charge in [-0.05, 0) is 42.8 Å². The van der Waals surface area contributed by atoms with E-state index < -0.39 is 17.7 Å². The molecule has 0 saturated carbocycles. The Balaban J connectivity index is 1.82. The van der Waals surface area contributed by atoms with Crippen LogP contribution >= 0.6 is 0 Å². The van der Waals surface area contributed by atoms with E-state index in [9.17, 15) is 13.9 Å². The average molecular weight is 293 g/mol. The molecule has 0 heterocycles. The number of ether oxygens (including phenoxy) is 1. The summed E-state index contributed by atoms with van der Waals surface area (Å²) in [5.41, 5.74) is 1.08. The lowest BCUT2D eigenvalue weighted by Gasteiger charge is -2.14. The number of aryl methyl sites for hydroxylation is 1. The topological polar surface area (TPSA) is 41.5 Å². The number of aliphatic hydroxyl groups excluding tert-OH is 1. The number of hydrogen-bond acceptors (Lipinski definition) is 3. The van der Waals surface area contributed by atoms with Gasteiger partial charge in [-0.3, -0.25) is 0 Å². The SMILES string of the molecule is Cc1cccc(OCC(O)CNc2cc(F)ccc2F)c1. The van der Waals surface area contributed by atoms with E-state index in [2.05, 4.69) is 5.32 Å². The van der Waals surface area contributed by atoms with Crippen LogP contribution in [0.2, 0.25) is 0 Å². The standard InChI is InChI=1S/C16H17F2NO2/c1-11-3-2-4-14(7-11)21-10-13(20)9-19-16-8-12(17)5-6-15(16)18/h2-8,13,19-20H,9-10H2,1H3. The molecule has 1 unspecified atom stereocenters. The first kappa shape index (κ1) is 15.3. The molecule has 1 atom stereocenters. The number of benzene rings is 2. The molecule has 0 spiro atoms. The summed E-state index contributed by atoms with van der Waals surface area (Å²) in [5, 5.41) is 12.5. The van der Waals surface area contributed by atoms with Gasteiger partial charge >= 0.3 is 0 Å². The summed E-state index contributed by atoms with van der Waals surface area (Å²) < 4.78 is 31.8. The Bertz CT molecular complexity index is 605. The Morgan fingerprint density at radius 2 is 2.00 bits per heavy atom. The zero-order valence-corrected chi connectivity index (χ0v) is 11.6. The largest absolute Gasteiger partial charge is 0.491 e. The second kappa shape index (κ2) is 7.04. The van der Waals surface area contributed by atoms with Crippen LogP contribution in [0.15, 0.2) is 42.5 Å². The van der Waals surface area contributed by atoms with Gasteiger partial charge in [0.05, 0.1) is 5.69 Å². The van der Waals surface area contributed by atoms with Crippen molar-refractivity contribution in [2.45, 2.75) is 13.0 Å². The highest BCUT2D eigenvalue weighted by atomic mass is 19.1. The van der Waals surface area contributed by atoms with Gasteiger partial charge in [0.25, 0.3) is 0 Å². The van der Waals surface area contributed by atoms with Gasteiger partial charge < -0.3 is 15.2 Å². The Kier molecular flexibility index (Phi) is 5.11. The average Bonchev–Trinajstić information content (AvgIpc) is 2.46. The predicted octanol–water partition coefficient (Wildman–Crippen LogP) is 3.13. The number of anilines is 1. The van der Waals surface area contributed by atoms with E-state index in [1.54, 1.807) is 6.07 Å². The second-order valence-corrected chi connectivity index (χ2v) is 4.79. The number of aliphatic hydroxyl groups is 1. The fraction of sp³-hybridized carbons (Fsp3) is 0.250. The maximum absolute atomic E-state index is 13.4. The Labute approximate surface area is 122 Å². The van der Waals surface area contributed by atoms with E-state index in [4.69, 9.17) is 4.74 Å². The molecule has 2 aromatic rings. The van der Waals surface area contributed by atoms with Gasteiger partial charge in [-0.15, -0.1) is 0 Å². The number of hydrogen-bond donors (Lipinski definition) is 2. The molecule has 5 heteroatoms. The van der Waals surface area contributed by atoms with Crippen LogP contribution in [0, 0.1) is 18.6 Å². The molecule has 21 heavy (non-hydrogen) atoms. The van der Waals surface area contributed by atoms with E-state index in [1.807, 2.05) is 25.1 Å². The molecule has 3 nitrogen and oxygen atoms in total. The molecule has 112 valence electrons. The van der Waals surface area contributed by atoms with Crippen LogP contribution in [-0.4, -0.2) is 24.4 Å². The van der Waals surface area contributed by atoms with E-state index in [-0.39, 0.29) is 18.8 Å². The van der Waals surface area contributed by atoms with Crippen molar-refractivity contribution in [3.63, 3.8) is 0 Å². The van der Waals surface area contributed by atoms with Gasteiger partial charge in [-0.25, -0.2) is 8.78 Å². The van der Waals surface area contributed by atoms with Gasteiger partial charge in [0.1, 0.15) is 30.1 Å². The molecule has 2 N–H and O–H groups in total. The van der Waals surface area contributed by atoms with Crippen LogP contribution in [0.3, 0.4) is 0 Å². The summed E-state index contributed by atoms with van der Waals surface area (Å²) in [7, 11) is 0. The smallest absolute Gasteiger partial charge is 0.146 e. The molecular weight excluding hydrogens is 276 g/mol. The van der Waals surface area contributed by atoms with E-state index in [0.29, 0.717) is 5.75 Å². The normalized spacial score (nSPS) is 12.0. The van der Waals surface area contributed by atoms with Crippen molar-refractivity contribution < 1.29 is 18.6 Å². The Morgan fingerprint density at radius 3 is 2.76 bits per heavy atom. The molecule has 0 fully saturated rings. The van der Waals surface area contributed by atoms with Gasteiger partial charge in [-0.1, -0.05) is 12.1 Å². The zero-order valence-electron chi connectivity index (χ0n) is 11.6. The van der Waals surface area contributed by atoms with Crippen LogP contribution < -0.4 is 10.1 Å². The minimum absolute atomic E-state index is 0.0182. The molecule has 0 aliphatic rings. The molecule has 0 aliphatic heterocycles. The van der Waals surface area contributed by atoms with Crippen molar-refractivity contribution >= 4 is 5.69 Å². The van der Waals surface area contributed by atoms with Crippen molar-refractivity contribution in [1.29, 1.82) is 0 Å². The molecule has 2 aromatic carbocycles. The van der Waals surface area contributed by atoms with Crippen molar-refractivity contribution in [1.82, 2.24) is 0 Å². The molecule has 2 rings (SSSR count). The monoisotopic (exact) mass is 293 g/mol. The van der Waals surface area contributed by atoms with Gasteiger partial charge in [-0.2, -0.15) is 0 Å². The van der Waals surface area contributed by atoms with E-state index >= 15 is 0 Å². The molecule has 0 aromatic heterocycles. The third-order valence-electron chi connectivity index (χ3n) is 2.89. The number of nitrogens with one attached hydrogen (secondary N) is 1. The van der Waals surface area contributed by atoms with Crippen molar-refractivity contribution in [3.8, 4) is 5.75 Å². The summed E-state index contributed by atoms with van der Waals surface area (Å²) >= 11 is 0. The molecule has 0 amide bonds. The van der Waals surface area contributed by atoms with Crippen LogP contribution in [0.1, 0.15) is 5.56 Å². The van der Waals surface area contributed by atoms with Gasteiger partial charge in [0.2, 0.25) is 0 Å². The lowest BCUT2D eigenvalue weighted by atomic mass is 10.2. The molecule has 0 radical (unpaired) electrons. The van der Waals surface area contributed by atoms with E-state index in [0.717, 1.165) is 23.8 Å². The first-order valence-corrected chi connectivity index (χ1v) is 6.61. The molecule has 0 bridgehead atoms. The summed E-state index contributed by atoms with van der Waals surface area (Å²) in [6, 6.07) is 10.6. The van der Waals surface area contributed by atoms with Crippen LogP contribution in [0.4, 0.5) is 14.5 Å². The highest BCUT2D eigenvalue weighted by Crippen LogP contribution is 2.15. The zero-order chi connectivity index (χ0) is 15.2. The quantitative estimate of drug-likeness (QED) is 0.860. The van der Waals surface area contributed by atoms with E-state index in [1.165, 1.54) is 0 Å². The van der Waals surface area contributed by atoms with Crippen LogP contribution in [-0.2, 0) is 0 Å². The molecule has 0 aliphatic carbocycles. The summed E-state index contributed by atoms with van der Waals surface area (Å²) in [4.78, 5) is 0. The predicted molar refractivity (Wildman–Crippen MR) is 77.5 cm³/mol. The third-order valence-corrected chi connectivity index (χ3v) is 2.89. The van der Waals surface area contributed by atoms with Crippen molar-refractivity contribution in [2.75, 3.05) is 18.5 Å². The van der Waals surface area contributed by atoms with Crippen LogP contribution in [0.25, 0.3) is 0 Å². The van der Waals surface area contributed by atoms with Gasteiger partial charge in [0, 0.05) is 6.54 Å². The highest BCUT2D eigenvalue weighted by molar-refractivity contribution is 5.44. The summed E-state index contributed by atoms with van der Waals surface area (Å²) in [6.07, 6.45) is -0.840. The lowest BCUT2D eigenvalue weighted by molar-refractivity contribution is 0.117. The Hall–Kier alpha value is -2.14. The highest BCUT2D eigenvalue weighted by Gasteiger charge is 2.08. The Morgan fingerprint density at radius 1 is 1.19 bits per heavy atom. The summed E-state index contributed by atoms with van der Waals surface area (Å²) in [5.74, 6) is -0.446.